The van der Waals surface area contributed by atoms with Gasteiger partial charge in [0.2, 0.25) is 0 Å². The Labute approximate surface area is 126 Å². The van der Waals surface area contributed by atoms with Crippen LogP contribution >= 0.6 is 0 Å². The van der Waals surface area contributed by atoms with E-state index in [0.717, 1.165) is 26.2 Å². The van der Waals surface area contributed by atoms with Crippen molar-refractivity contribution in [3.05, 3.63) is 59.9 Å². The maximum Gasteiger partial charge on any atom is 0.0587 e. The second-order valence-electron chi connectivity index (χ2n) is 5.01. The van der Waals surface area contributed by atoms with Gasteiger partial charge in [0.05, 0.1) is 6.61 Å². The Hall–Kier alpha value is -1.91. The average Bonchev–Trinajstić information content (AvgIpc) is 2.53. The van der Waals surface area contributed by atoms with Crippen LogP contribution in [0.5, 0.6) is 0 Å². The van der Waals surface area contributed by atoms with E-state index in [-0.39, 0.29) is 0 Å². The summed E-state index contributed by atoms with van der Waals surface area (Å²) < 4.78 is 5.06. The van der Waals surface area contributed by atoms with Crippen molar-refractivity contribution in [1.29, 1.82) is 0 Å². The molecule has 0 spiro atoms. The van der Waals surface area contributed by atoms with Gasteiger partial charge in [0.25, 0.3) is 0 Å². The highest BCUT2D eigenvalue weighted by molar-refractivity contribution is 5.53. The summed E-state index contributed by atoms with van der Waals surface area (Å²) in [5.74, 6) is 0. The van der Waals surface area contributed by atoms with Crippen LogP contribution in [0, 0.1) is 0 Å². The van der Waals surface area contributed by atoms with Gasteiger partial charge in [0, 0.05) is 51.9 Å². The number of benzene rings is 1. The Morgan fingerprint density at radius 2 is 1.90 bits per heavy atom. The Balaban J connectivity index is 2.01. The lowest BCUT2D eigenvalue weighted by Crippen LogP contribution is -2.22. The number of nitrogens with one attached hydrogen (secondary N) is 1. The lowest BCUT2D eigenvalue weighted by atomic mass is 10.1. The fourth-order valence-electron chi connectivity index (χ4n) is 2.28. The Morgan fingerprint density at radius 3 is 2.67 bits per heavy atom. The molecule has 0 bridgehead atoms. The van der Waals surface area contributed by atoms with Gasteiger partial charge in [-0.15, -0.1) is 0 Å². The summed E-state index contributed by atoms with van der Waals surface area (Å²) in [5.41, 5.74) is 3.80. The van der Waals surface area contributed by atoms with Crippen molar-refractivity contribution in [1.82, 2.24) is 10.3 Å². The molecule has 2 rings (SSSR count). The van der Waals surface area contributed by atoms with Crippen LogP contribution in [0.15, 0.2) is 48.8 Å². The molecule has 4 heteroatoms. The number of ether oxygens (including phenoxy) is 1. The van der Waals surface area contributed by atoms with E-state index in [9.17, 15) is 0 Å². The van der Waals surface area contributed by atoms with Crippen LogP contribution in [0.4, 0.5) is 5.69 Å². The normalized spacial score (nSPS) is 10.6. The van der Waals surface area contributed by atoms with E-state index in [0.29, 0.717) is 0 Å². The van der Waals surface area contributed by atoms with Crippen LogP contribution in [0.25, 0.3) is 0 Å². The van der Waals surface area contributed by atoms with Crippen LogP contribution in [-0.4, -0.2) is 32.3 Å². The number of para-hydroxylation sites is 1. The highest BCUT2D eigenvalue weighted by Crippen LogP contribution is 2.20. The van der Waals surface area contributed by atoms with Crippen molar-refractivity contribution < 1.29 is 4.74 Å². The highest BCUT2D eigenvalue weighted by Gasteiger charge is 2.07. The molecule has 21 heavy (non-hydrogen) atoms. The maximum atomic E-state index is 5.06. The zero-order chi connectivity index (χ0) is 14.9. The number of hydrogen-bond acceptors (Lipinski definition) is 4. The van der Waals surface area contributed by atoms with E-state index in [1.54, 1.807) is 7.11 Å². The number of pyridine rings is 1. The van der Waals surface area contributed by atoms with Gasteiger partial charge in [-0.1, -0.05) is 18.2 Å². The first-order valence-electron chi connectivity index (χ1n) is 7.19. The van der Waals surface area contributed by atoms with E-state index in [4.69, 9.17) is 4.74 Å². The second kappa shape index (κ2) is 8.39. The Kier molecular flexibility index (Phi) is 6.19. The van der Waals surface area contributed by atoms with Crippen LogP contribution in [0.2, 0.25) is 0 Å². The Morgan fingerprint density at radius 1 is 1.14 bits per heavy atom. The van der Waals surface area contributed by atoms with E-state index >= 15 is 0 Å². The number of methoxy groups -OCH3 is 1. The number of rotatable bonds is 8. The molecular weight excluding hydrogens is 262 g/mol. The number of aromatic nitrogens is 1. The molecule has 1 aromatic carbocycles. The summed E-state index contributed by atoms with van der Waals surface area (Å²) in [7, 11) is 3.84. The average molecular weight is 285 g/mol. The summed E-state index contributed by atoms with van der Waals surface area (Å²) in [4.78, 5) is 6.33. The first kappa shape index (κ1) is 15.5. The summed E-state index contributed by atoms with van der Waals surface area (Å²) in [6.45, 7) is 3.31. The molecule has 0 aliphatic rings. The molecule has 1 heterocycles. The monoisotopic (exact) mass is 285 g/mol. The predicted octanol–water partition coefficient (Wildman–Crippen LogP) is 2.45. The van der Waals surface area contributed by atoms with Gasteiger partial charge in [-0.25, -0.2) is 0 Å². The highest BCUT2D eigenvalue weighted by atomic mass is 16.5. The number of hydrogen-bond donors (Lipinski definition) is 1. The van der Waals surface area contributed by atoms with Gasteiger partial charge in [0.15, 0.2) is 0 Å². The topological polar surface area (TPSA) is 37.4 Å². The summed E-state index contributed by atoms with van der Waals surface area (Å²) in [6, 6.07) is 12.6. The van der Waals surface area contributed by atoms with E-state index in [1.165, 1.54) is 16.8 Å². The van der Waals surface area contributed by atoms with Gasteiger partial charge in [-0.05, 0) is 29.3 Å². The molecule has 0 amide bonds. The van der Waals surface area contributed by atoms with Crippen LogP contribution in [0.3, 0.4) is 0 Å². The zero-order valence-electron chi connectivity index (χ0n) is 12.7. The predicted molar refractivity (Wildman–Crippen MR) is 86.4 cm³/mol. The fourth-order valence-corrected chi connectivity index (χ4v) is 2.28. The van der Waals surface area contributed by atoms with Crippen molar-refractivity contribution >= 4 is 5.69 Å². The van der Waals surface area contributed by atoms with Gasteiger partial charge in [-0.2, -0.15) is 0 Å². The Bertz CT molecular complexity index is 531. The molecule has 2 aromatic rings. The smallest absolute Gasteiger partial charge is 0.0587 e. The molecule has 4 nitrogen and oxygen atoms in total. The molecule has 0 aliphatic heterocycles. The van der Waals surface area contributed by atoms with E-state index in [2.05, 4.69) is 58.6 Å². The molecular formula is C17H23N3O. The standard InChI is InChI=1S/C17H23N3O/c1-20(14-15-7-9-18-10-8-15)17-6-4-3-5-16(17)13-19-11-12-21-2/h3-10,19H,11-14H2,1-2H3. The molecule has 0 aliphatic carbocycles. The lowest BCUT2D eigenvalue weighted by Gasteiger charge is -2.23. The largest absolute Gasteiger partial charge is 0.383 e. The second-order valence-corrected chi connectivity index (χ2v) is 5.01. The first-order chi connectivity index (χ1) is 10.3. The minimum Gasteiger partial charge on any atom is -0.383 e. The minimum atomic E-state index is 0.731. The quantitative estimate of drug-likeness (QED) is 0.756. The molecule has 0 radical (unpaired) electrons. The number of nitrogens with zero attached hydrogens (tertiary/aromatic N) is 2. The molecule has 0 fully saturated rings. The number of anilines is 1. The molecule has 112 valence electrons. The van der Waals surface area contributed by atoms with E-state index in [1.807, 2.05) is 12.4 Å². The fraction of sp³-hybridized carbons (Fsp3) is 0.353. The lowest BCUT2D eigenvalue weighted by molar-refractivity contribution is 0.199. The first-order valence-corrected chi connectivity index (χ1v) is 7.19. The molecule has 0 saturated heterocycles. The molecule has 1 aromatic heterocycles. The van der Waals surface area contributed by atoms with Crippen molar-refractivity contribution in [3.8, 4) is 0 Å². The van der Waals surface area contributed by atoms with Crippen molar-refractivity contribution in [2.45, 2.75) is 13.1 Å². The van der Waals surface area contributed by atoms with E-state index < -0.39 is 0 Å². The third-order valence-corrected chi connectivity index (χ3v) is 3.37. The van der Waals surface area contributed by atoms with Crippen LogP contribution in [-0.2, 0) is 17.8 Å². The van der Waals surface area contributed by atoms with Gasteiger partial charge < -0.3 is 15.0 Å². The third kappa shape index (κ3) is 4.85. The molecule has 1 N–H and O–H groups in total. The summed E-state index contributed by atoms with van der Waals surface area (Å²) >= 11 is 0. The summed E-state index contributed by atoms with van der Waals surface area (Å²) in [6.07, 6.45) is 3.67. The van der Waals surface area contributed by atoms with Gasteiger partial charge >= 0.3 is 0 Å². The summed E-state index contributed by atoms with van der Waals surface area (Å²) in [5, 5.41) is 3.40. The van der Waals surface area contributed by atoms with Crippen molar-refractivity contribution in [2.24, 2.45) is 0 Å². The minimum absolute atomic E-state index is 0.731. The maximum absolute atomic E-state index is 5.06. The zero-order valence-corrected chi connectivity index (χ0v) is 12.7. The van der Waals surface area contributed by atoms with Crippen LogP contribution in [0.1, 0.15) is 11.1 Å². The van der Waals surface area contributed by atoms with Gasteiger partial charge in [0.1, 0.15) is 0 Å². The molecule has 0 atom stereocenters. The SMILES string of the molecule is COCCNCc1ccccc1N(C)Cc1ccncc1. The van der Waals surface area contributed by atoms with Crippen molar-refractivity contribution in [2.75, 3.05) is 32.2 Å². The molecule has 0 saturated carbocycles. The molecule has 0 unspecified atom stereocenters. The van der Waals surface area contributed by atoms with Crippen LogP contribution < -0.4 is 10.2 Å². The van der Waals surface area contributed by atoms with Crippen molar-refractivity contribution in [3.63, 3.8) is 0 Å². The third-order valence-electron chi connectivity index (χ3n) is 3.37. The van der Waals surface area contributed by atoms with Gasteiger partial charge in [-0.3, -0.25) is 4.98 Å².